The van der Waals surface area contributed by atoms with E-state index in [2.05, 4.69) is 10.3 Å². The van der Waals surface area contributed by atoms with Crippen LogP contribution in [-0.2, 0) is 21.4 Å². The topological polar surface area (TPSA) is 124 Å². The Morgan fingerprint density at radius 1 is 1.25 bits per heavy atom. The number of nitrogens with zero attached hydrogens (tertiary/aromatic N) is 3. The minimum Gasteiger partial charge on any atom is -0.476 e. The van der Waals surface area contributed by atoms with Gasteiger partial charge in [-0.3, -0.25) is 9.36 Å². The van der Waals surface area contributed by atoms with Crippen molar-refractivity contribution in [3.05, 3.63) is 47.1 Å². The van der Waals surface area contributed by atoms with Gasteiger partial charge in [0.2, 0.25) is 21.8 Å². The van der Waals surface area contributed by atoms with Gasteiger partial charge in [-0.25, -0.2) is 18.2 Å². The van der Waals surface area contributed by atoms with Crippen molar-refractivity contribution in [3.63, 3.8) is 0 Å². The molecule has 4 rings (SSSR count). The third-order valence-electron chi connectivity index (χ3n) is 5.23. The van der Waals surface area contributed by atoms with Crippen LogP contribution in [0.5, 0.6) is 5.88 Å². The van der Waals surface area contributed by atoms with E-state index in [1.165, 1.54) is 27.1 Å². The maximum atomic E-state index is 12.8. The van der Waals surface area contributed by atoms with Gasteiger partial charge in [0.15, 0.2) is 5.58 Å². The predicted molar refractivity (Wildman–Crippen MR) is 117 cm³/mol. The average Bonchev–Trinajstić information content (AvgIpc) is 3.41. The lowest BCUT2D eigenvalue weighted by atomic mass is 10.3. The van der Waals surface area contributed by atoms with Crippen LogP contribution in [0, 0.1) is 0 Å². The molecule has 10 nitrogen and oxygen atoms in total. The molecule has 3 aromatic rings. The zero-order valence-corrected chi connectivity index (χ0v) is 18.4. The summed E-state index contributed by atoms with van der Waals surface area (Å²) in [5.41, 5.74) is 1.04. The van der Waals surface area contributed by atoms with Gasteiger partial charge in [0, 0.05) is 38.3 Å². The Labute approximate surface area is 184 Å². The molecule has 0 atom stereocenters. The van der Waals surface area contributed by atoms with Crippen molar-refractivity contribution < 1.29 is 22.4 Å². The van der Waals surface area contributed by atoms with Crippen LogP contribution in [0.1, 0.15) is 26.2 Å². The van der Waals surface area contributed by atoms with Crippen LogP contribution in [0.25, 0.3) is 11.1 Å². The van der Waals surface area contributed by atoms with Crippen LogP contribution >= 0.6 is 0 Å². The molecule has 3 heterocycles. The van der Waals surface area contributed by atoms with Gasteiger partial charge in [-0.1, -0.05) is 0 Å². The molecule has 0 saturated carbocycles. The van der Waals surface area contributed by atoms with Gasteiger partial charge >= 0.3 is 5.76 Å². The zero-order valence-electron chi connectivity index (χ0n) is 17.6. The van der Waals surface area contributed by atoms with E-state index in [1.54, 1.807) is 18.3 Å². The van der Waals surface area contributed by atoms with Crippen molar-refractivity contribution in [1.29, 1.82) is 0 Å². The lowest BCUT2D eigenvalue weighted by Gasteiger charge is -2.15. The summed E-state index contributed by atoms with van der Waals surface area (Å²) in [5, 5.41) is 2.73. The molecule has 1 amide bonds. The first-order valence-electron chi connectivity index (χ1n) is 10.4. The van der Waals surface area contributed by atoms with Crippen molar-refractivity contribution in [2.75, 3.05) is 25.0 Å². The molecule has 1 aromatic carbocycles. The van der Waals surface area contributed by atoms with E-state index in [-0.39, 0.29) is 29.4 Å². The van der Waals surface area contributed by atoms with E-state index in [0.29, 0.717) is 36.8 Å². The number of pyridine rings is 1. The number of carbonyl (C=O) groups is 1. The van der Waals surface area contributed by atoms with Crippen LogP contribution in [0.2, 0.25) is 0 Å². The summed E-state index contributed by atoms with van der Waals surface area (Å²) in [4.78, 5) is 28.9. The highest BCUT2D eigenvalue weighted by molar-refractivity contribution is 7.89. The highest BCUT2D eigenvalue weighted by Crippen LogP contribution is 2.25. The number of carbonyl (C=O) groups excluding carboxylic acids is 1. The van der Waals surface area contributed by atoms with E-state index in [4.69, 9.17) is 9.15 Å². The molecule has 1 N–H and O–H groups in total. The number of rotatable bonds is 8. The third kappa shape index (κ3) is 4.39. The van der Waals surface area contributed by atoms with Crippen molar-refractivity contribution in [2.24, 2.45) is 0 Å². The van der Waals surface area contributed by atoms with Gasteiger partial charge < -0.3 is 14.5 Å². The first-order valence-corrected chi connectivity index (χ1v) is 11.9. The number of anilines is 1. The summed E-state index contributed by atoms with van der Waals surface area (Å²) in [6.45, 7) is 3.27. The van der Waals surface area contributed by atoms with E-state index in [9.17, 15) is 18.0 Å². The number of fused-ring (bicyclic) bond motifs is 1. The van der Waals surface area contributed by atoms with Gasteiger partial charge in [-0.15, -0.1) is 0 Å². The Balaban J connectivity index is 1.50. The molecule has 0 spiro atoms. The monoisotopic (exact) mass is 460 g/mol. The Morgan fingerprint density at radius 3 is 2.78 bits per heavy atom. The molecule has 0 aliphatic carbocycles. The van der Waals surface area contributed by atoms with Crippen molar-refractivity contribution in [1.82, 2.24) is 13.9 Å². The van der Waals surface area contributed by atoms with E-state index >= 15 is 0 Å². The molecule has 11 heteroatoms. The summed E-state index contributed by atoms with van der Waals surface area (Å²) >= 11 is 0. The fraction of sp³-hybridized carbons (Fsp3) is 0.381. The van der Waals surface area contributed by atoms with Crippen molar-refractivity contribution in [2.45, 2.75) is 37.6 Å². The molecule has 32 heavy (non-hydrogen) atoms. The Kier molecular flexibility index (Phi) is 6.28. The number of sulfonamides is 1. The average molecular weight is 461 g/mol. The molecule has 2 aromatic heterocycles. The smallest absolute Gasteiger partial charge is 0.419 e. The quantitative estimate of drug-likeness (QED) is 0.546. The summed E-state index contributed by atoms with van der Waals surface area (Å²) < 4.78 is 38.9. The maximum absolute atomic E-state index is 12.8. The molecule has 1 aliphatic rings. The highest BCUT2D eigenvalue weighted by Gasteiger charge is 2.28. The molecule has 1 fully saturated rings. The van der Waals surface area contributed by atoms with Crippen LogP contribution in [0.3, 0.4) is 0 Å². The predicted octanol–water partition coefficient (Wildman–Crippen LogP) is 2.20. The van der Waals surface area contributed by atoms with Crippen LogP contribution in [0.4, 0.5) is 5.69 Å². The molecule has 0 unspecified atom stereocenters. The second kappa shape index (κ2) is 9.13. The lowest BCUT2D eigenvalue weighted by Crippen LogP contribution is -2.27. The molecule has 0 bridgehead atoms. The lowest BCUT2D eigenvalue weighted by molar-refractivity contribution is -0.116. The zero-order chi connectivity index (χ0) is 22.7. The summed E-state index contributed by atoms with van der Waals surface area (Å²) in [6.07, 6.45) is 3.24. The minimum absolute atomic E-state index is 0.00280. The van der Waals surface area contributed by atoms with Crippen molar-refractivity contribution in [3.8, 4) is 5.88 Å². The first kappa shape index (κ1) is 22.0. The number of benzene rings is 1. The number of ether oxygens (including phenoxy) is 1. The van der Waals surface area contributed by atoms with Gasteiger partial charge in [0.05, 0.1) is 17.0 Å². The van der Waals surface area contributed by atoms with E-state index in [0.717, 1.165) is 12.8 Å². The highest BCUT2D eigenvalue weighted by atomic mass is 32.2. The fourth-order valence-corrected chi connectivity index (χ4v) is 5.19. The van der Waals surface area contributed by atoms with Crippen molar-refractivity contribution >= 4 is 32.7 Å². The molecule has 170 valence electrons. The van der Waals surface area contributed by atoms with Gasteiger partial charge in [0.1, 0.15) is 5.69 Å². The van der Waals surface area contributed by atoms with E-state index in [1.807, 2.05) is 6.92 Å². The summed E-state index contributed by atoms with van der Waals surface area (Å²) in [6, 6.07) is 7.73. The molecule has 0 radical (unpaired) electrons. The van der Waals surface area contributed by atoms with Gasteiger partial charge in [-0.05, 0) is 44.0 Å². The Hall–Kier alpha value is -3.18. The SMILES string of the molecule is CCOc1ncccc1NC(=O)CCn1c(=O)oc2cc(S(=O)(=O)N3CCCC3)ccc21. The molecular weight excluding hydrogens is 436 g/mol. The normalized spacial score (nSPS) is 14.7. The second-order valence-electron chi connectivity index (χ2n) is 7.35. The van der Waals surface area contributed by atoms with Crippen LogP contribution < -0.4 is 15.8 Å². The van der Waals surface area contributed by atoms with Gasteiger partial charge in [-0.2, -0.15) is 4.31 Å². The third-order valence-corrected chi connectivity index (χ3v) is 7.13. The number of oxazole rings is 1. The fourth-order valence-electron chi connectivity index (χ4n) is 3.66. The van der Waals surface area contributed by atoms with Gasteiger partial charge in [0.25, 0.3) is 0 Å². The number of aryl methyl sites for hydroxylation is 1. The first-order chi connectivity index (χ1) is 15.4. The maximum Gasteiger partial charge on any atom is 0.419 e. The number of hydrogen-bond acceptors (Lipinski definition) is 7. The van der Waals surface area contributed by atoms with E-state index < -0.39 is 15.8 Å². The standard InChI is InChI=1S/C21H24N4O6S/c1-2-30-20-16(6-5-10-22-20)23-19(26)9-13-25-17-8-7-15(14-18(17)31-21(25)27)32(28,29)24-11-3-4-12-24/h5-8,10,14H,2-4,9,11-13H2,1H3,(H,23,26). The van der Waals surface area contributed by atoms with Crippen LogP contribution in [0.15, 0.2) is 50.6 Å². The Bertz CT molecular complexity index is 1290. The number of amides is 1. The largest absolute Gasteiger partial charge is 0.476 e. The minimum atomic E-state index is -3.62. The summed E-state index contributed by atoms with van der Waals surface area (Å²) in [7, 11) is -3.62. The molecule has 1 saturated heterocycles. The number of nitrogens with one attached hydrogen (secondary N) is 1. The molecule has 1 aliphatic heterocycles. The molecular formula is C21H24N4O6S. The summed E-state index contributed by atoms with van der Waals surface area (Å²) in [5.74, 6) is -0.658. The van der Waals surface area contributed by atoms with Crippen LogP contribution in [-0.4, -0.2) is 47.9 Å². The number of hydrogen-bond donors (Lipinski definition) is 1. The Morgan fingerprint density at radius 2 is 2.03 bits per heavy atom. The number of aromatic nitrogens is 2. The second-order valence-corrected chi connectivity index (χ2v) is 9.29.